The molecule has 0 aliphatic carbocycles. The van der Waals surface area contributed by atoms with E-state index in [0.29, 0.717) is 5.75 Å². The Bertz CT molecular complexity index is 596. The Labute approximate surface area is 151 Å². The predicted molar refractivity (Wildman–Crippen MR) is 92.0 cm³/mol. The van der Waals surface area contributed by atoms with Crippen molar-refractivity contribution in [1.82, 2.24) is 4.90 Å². The third-order valence-electron chi connectivity index (χ3n) is 4.22. The summed E-state index contributed by atoms with van der Waals surface area (Å²) < 4.78 is 44.8. The van der Waals surface area contributed by atoms with Gasteiger partial charge in [0.1, 0.15) is 11.8 Å². The molecule has 1 heterocycles. The van der Waals surface area contributed by atoms with Crippen LogP contribution in [-0.4, -0.2) is 42.2 Å². The topological polar surface area (TPSA) is 55.6 Å². The Morgan fingerprint density at radius 3 is 2.60 bits per heavy atom. The van der Waals surface area contributed by atoms with E-state index in [0.717, 1.165) is 16.0 Å². The fourth-order valence-electron chi connectivity index (χ4n) is 2.97. The number of hydrogen-bond donors (Lipinski definition) is 1. The van der Waals surface area contributed by atoms with Gasteiger partial charge in [-0.25, -0.2) is 0 Å². The zero-order valence-electron chi connectivity index (χ0n) is 14.3. The first-order valence-electron chi connectivity index (χ1n) is 8.00. The third-order valence-corrected chi connectivity index (χ3v) is 4.22. The number of carbonyl (C=O) groups is 1. The molecule has 8 heteroatoms. The van der Waals surface area contributed by atoms with Crippen LogP contribution < -0.4 is 10.5 Å². The number of hydrogen-bond acceptors (Lipinski definition) is 3. The zero-order chi connectivity index (χ0) is 17.9. The number of nitrogens with two attached hydrogens (primary N) is 1. The van der Waals surface area contributed by atoms with Crippen LogP contribution in [0.25, 0.3) is 0 Å². The number of halogens is 4. The summed E-state index contributed by atoms with van der Waals surface area (Å²) in [5.74, 6) is 0.0633. The summed E-state index contributed by atoms with van der Waals surface area (Å²) in [7, 11) is 0. The molecule has 4 nitrogen and oxygen atoms in total. The fourth-order valence-corrected chi connectivity index (χ4v) is 2.97. The smallest absolute Gasteiger partial charge is 0.408 e. The maximum absolute atomic E-state index is 13.1. The molecule has 1 saturated heterocycles. The lowest BCUT2D eigenvalue weighted by atomic mass is 9.98. The van der Waals surface area contributed by atoms with Crippen molar-refractivity contribution in [3.05, 3.63) is 29.3 Å². The molecule has 0 spiro atoms. The number of likely N-dealkylation sites (tertiary alicyclic amines) is 1. The molecule has 0 saturated carbocycles. The molecule has 1 aromatic rings. The van der Waals surface area contributed by atoms with E-state index in [1.165, 1.54) is 0 Å². The lowest BCUT2D eigenvalue weighted by molar-refractivity contribution is -0.197. The van der Waals surface area contributed by atoms with Crippen molar-refractivity contribution in [2.75, 3.05) is 13.2 Å². The van der Waals surface area contributed by atoms with Gasteiger partial charge in [-0.05, 0) is 38.3 Å². The number of benzene rings is 1. The predicted octanol–water partition coefficient (Wildman–Crippen LogP) is 3.37. The van der Waals surface area contributed by atoms with Crippen molar-refractivity contribution in [1.29, 1.82) is 0 Å². The van der Waals surface area contributed by atoms with Crippen molar-refractivity contribution in [2.45, 2.75) is 51.4 Å². The number of ether oxygens (including phenoxy) is 1. The zero-order valence-corrected chi connectivity index (χ0v) is 15.1. The summed E-state index contributed by atoms with van der Waals surface area (Å²) in [6, 6.07) is 3.47. The van der Waals surface area contributed by atoms with E-state index < -0.39 is 24.2 Å². The summed E-state index contributed by atoms with van der Waals surface area (Å²) in [6.45, 7) is 3.82. The molecular formula is C17H24ClF3N2O2. The largest absolute Gasteiger partial charge is 0.493 e. The van der Waals surface area contributed by atoms with Gasteiger partial charge in [-0.2, -0.15) is 13.2 Å². The molecule has 25 heavy (non-hydrogen) atoms. The SMILES string of the molecule is Cc1ccc(OCCC(=O)N2CC(N)CCC2C(F)(F)F)c(C)c1.Cl. The van der Waals surface area contributed by atoms with E-state index in [1.54, 1.807) is 6.07 Å². The minimum Gasteiger partial charge on any atom is -0.493 e. The number of nitrogens with zero attached hydrogens (tertiary/aromatic N) is 1. The van der Waals surface area contributed by atoms with Crippen LogP contribution in [0.5, 0.6) is 5.75 Å². The average Bonchev–Trinajstić information content (AvgIpc) is 2.48. The first-order valence-corrected chi connectivity index (χ1v) is 8.00. The summed E-state index contributed by atoms with van der Waals surface area (Å²) in [6.07, 6.45) is -4.40. The highest BCUT2D eigenvalue weighted by molar-refractivity contribution is 5.85. The summed E-state index contributed by atoms with van der Waals surface area (Å²) >= 11 is 0. The third kappa shape index (κ3) is 5.78. The number of alkyl halides is 3. The van der Waals surface area contributed by atoms with Gasteiger partial charge in [0.05, 0.1) is 13.0 Å². The van der Waals surface area contributed by atoms with E-state index in [9.17, 15) is 18.0 Å². The molecule has 1 amide bonds. The minimum absolute atomic E-state index is 0. The quantitative estimate of drug-likeness (QED) is 0.871. The van der Waals surface area contributed by atoms with E-state index in [4.69, 9.17) is 10.5 Å². The Hall–Kier alpha value is -1.47. The molecule has 1 aliphatic rings. The second kappa shape index (κ2) is 8.76. The molecule has 0 bridgehead atoms. The van der Waals surface area contributed by atoms with Crippen LogP contribution in [0.15, 0.2) is 18.2 Å². The van der Waals surface area contributed by atoms with Gasteiger partial charge in [0.2, 0.25) is 5.91 Å². The highest BCUT2D eigenvalue weighted by Crippen LogP contribution is 2.32. The van der Waals surface area contributed by atoms with Gasteiger partial charge in [-0.15, -0.1) is 12.4 Å². The second-order valence-corrected chi connectivity index (χ2v) is 6.31. The lowest BCUT2D eigenvalue weighted by Gasteiger charge is -2.39. The highest BCUT2D eigenvalue weighted by atomic mass is 35.5. The van der Waals surface area contributed by atoms with Gasteiger partial charge >= 0.3 is 6.18 Å². The number of aryl methyl sites for hydroxylation is 2. The molecular weight excluding hydrogens is 357 g/mol. The molecule has 1 aromatic carbocycles. The van der Waals surface area contributed by atoms with Gasteiger partial charge in [-0.1, -0.05) is 17.7 Å². The first-order chi connectivity index (χ1) is 11.2. The van der Waals surface area contributed by atoms with Crippen LogP contribution in [0.2, 0.25) is 0 Å². The summed E-state index contributed by atoms with van der Waals surface area (Å²) in [5.41, 5.74) is 7.75. The number of piperidine rings is 1. The van der Waals surface area contributed by atoms with Crippen molar-refractivity contribution >= 4 is 18.3 Å². The molecule has 2 unspecified atom stereocenters. The van der Waals surface area contributed by atoms with Gasteiger partial charge in [0, 0.05) is 12.6 Å². The van der Waals surface area contributed by atoms with E-state index in [1.807, 2.05) is 26.0 Å². The maximum Gasteiger partial charge on any atom is 0.408 e. The highest BCUT2D eigenvalue weighted by Gasteiger charge is 2.47. The number of carbonyl (C=O) groups excluding carboxylic acids is 1. The molecule has 1 fully saturated rings. The van der Waals surface area contributed by atoms with Crippen LogP contribution in [0.3, 0.4) is 0 Å². The second-order valence-electron chi connectivity index (χ2n) is 6.31. The van der Waals surface area contributed by atoms with E-state index in [-0.39, 0.29) is 44.8 Å². The fraction of sp³-hybridized carbons (Fsp3) is 0.588. The van der Waals surface area contributed by atoms with Crippen LogP contribution in [-0.2, 0) is 4.79 Å². The standard InChI is InChI=1S/C17H23F3N2O2.ClH/c1-11-3-5-14(12(2)9-11)24-8-7-16(23)22-10-13(21)4-6-15(22)17(18,19)20;/h3,5,9,13,15H,4,6-8,10,21H2,1-2H3;1H. The van der Waals surface area contributed by atoms with Crippen molar-refractivity contribution in [3.63, 3.8) is 0 Å². The summed E-state index contributed by atoms with van der Waals surface area (Å²) in [5, 5.41) is 0. The van der Waals surface area contributed by atoms with E-state index in [2.05, 4.69) is 0 Å². The van der Waals surface area contributed by atoms with Gasteiger partial charge in [0.15, 0.2) is 0 Å². The van der Waals surface area contributed by atoms with Crippen molar-refractivity contribution in [3.8, 4) is 5.75 Å². The molecule has 0 aromatic heterocycles. The van der Waals surface area contributed by atoms with Crippen molar-refractivity contribution in [2.24, 2.45) is 5.73 Å². The molecule has 142 valence electrons. The van der Waals surface area contributed by atoms with Crippen LogP contribution >= 0.6 is 12.4 Å². The molecule has 1 aliphatic heterocycles. The summed E-state index contributed by atoms with van der Waals surface area (Å²) in [4.78, 5) is 13.1. The Kier molecular flexibility index (Phi) is 7.56. The molecule has 2 rings (SSSR count). The Morgan fingerprint density at radius 1 is 1.32 bits per heavy atom. The normalized spacial score (nSPS) is 20.8. The van der Waals surface area contributed by atoms with Gasteiger partial charge in [0.25, 0.3) is 0 Å². The average molecular weight is 381 g/mol. The lowest BCUT2D eigenvalue weighted by Crippen LogP contribution is -2.56. The van der Waals surface area contributed by atoms with Crippen LogP contribution in [0, 0.1) is 13.8 Å². The molecule has 2 atom stereocenters. The van der Waals surface area contributed by atoms with Crippen molar-refractivity contribution < 1.29 is 22.7 Å². The van der Waals surface area contributed by atoms with Gasteiger partial charge in [-0.3, -0.25) is 4.79 Å². The number of amides is 1. The maximum atomic E-state index is 13.1. The Morgan fingerprint density at radius 2 is 2.00 bits per heavy atom. The monoisotopic (exact) mass is 380 g/mol. The van der Waals surface area contributed by atoms with Crippen LogP contribution in [0.1, 0.15) is 30.4 Å². The first kappa shape index (κ1) is 21.6. The Balaban J connectivity index is 0.00000312. The molecule has 2 N–H and O–H groups in total. The molecule has 0 radical (unpaired) electrons. The minimum atomic E-state index is -4.43. The van der Waals surface area contributed by atoms with Crippen LogP contribution in [0.4, 0.5) is 13.2 Å². The van der Waals surface area contributed by atoms with E-state index >= 15 is 0 Å². The number of rotatable bonds is 4. The van der Waals surface area contributed by atoms with Gasteiger partial charge < -0.3 is 15.4 Å².